The van der Waals surface area contributed by atoms with E-state index in [0.29, 0.717) is 18.2 Å². The van der Waals surface area contributed by atoms with Crippen LogP contribution in [0, 0.1) is 0 Å². The van der Waals surface area contributed by atoms with Crippen LogP contribution in [-0.2, 0) is 4.79 Å². The zero-order valence-corrected chi connectivity index (χ0v) is 12.9. The fourth-order valence-corrected chi connectivity index (χ4v) is 2.42. The van der Waals surface area contributed by atoms with Crippen LogP contribution in [0.25, 0.3) is 0 Å². The predicted octanol–water partition coefficient (Wildman–Crippen LogP) is 3.37. The SMILES string of the molecule is CCOc1ccccc1N[C@H](CC)C(=O)Nc1nccs1. The minimum atomic E-state index is -0.337. The summed E-state index contributed by atoms with van der Waals surface area (Å²) in [5.74, 6) is 0.652. The highest BCUT2D eigenvalue weighted by Crippen LogP contribution is 2.25. The Labute approximate surface area is 128 Å². The number of hydrogen-bond acceptors (Lipinski definition) is 5. The highest BCUT2D eigenvalue weighted by molar-refractivity contribution is 7.13. The lowest BCUT2D eigenvalue weighted by atomic mass is 10.2. The summed E-state index contributed by atoms with van der Waals surface area (Å²) < 4.78 is 5.56. The van der Waals surface area contributed by atoms with Crippen molar-refractivity contribution in [3.63, 3.8) is 0 Å². The third-order valence-corrected chi connectivity index (χ3v) is 3.59. The first-order valence-corrected chi connectivity index (χ1v) is 7.81. The Morgan fingerprint density at radius 1 is 1.38 bits per heavy atom. The number of ether oxygens (including phenoxy) is 1. The molecule has 0 fully saturated rings. The molecule has 0 aliphatic carbocycles. The molecule has 0 spiro atoms. The van der Waals surface area contributed by atoms with Crippen molar-refractivity contribution in [1.82, 2.24) is 4.98 Å². The number of aromatic nitrogens is 1. The van der Waals surface area contributed by atoms with E-state index in [9.17, 15) is 4.79 Å². The summed E-state index contributed by atoms with van der Waals surface area (Å²) in [6.07, 6.45) is 2.33. The van der Waals surface area contributed by atoms with Crippen molar-refractivity contribution in [3.05, 3.63) is 35.8 Å². The molecule has 0 aliphatic rings. The van der Waals surface area contributed by atoms with Crippen LogP contribution in [0.3, 0.4) is 0 Å². The lowest BCUT2D eigenvalue weighted by Gasteiger charge is -2.19. The molecule has 0 unspecified atom stereocenters. The van der Waals surface area contributed by atoms with Gasteiger partial charge in [-0.15, -0.1) is 11.3 Å². The van der Waals surface area contributed by atoms with Crippen LogP contribution in [0.4, 0.5) is 10.8 Å². The van der Waals surface area contributed by atoms with Crippen molar-refractivity contribution in [2.45, 2.75) is 26.3 Å². The van der Waals surface area contributed by atoms with Gasteiger partial charge in [-0.3, -0.25) is 4.79 Å². The van der Waals surface area contributed by atoms with Crippen LogP contribution in [0.1, 0.15) is 20.3 Å². The summed E-state index contributed by atoms with van der Waals surface area (Å²) in [4.78, 5) is 16.3. The maximum absolute atomic E-state index is 12.3. The Morgan fingerprint density at radius 2 is 2.19 bits per heavy atom. The van der Waals surface area contributed by atoms with E-state index in [0.717, 1.165) is 11.4 Å². The van der Waals surface area contributed by atoms with Gasteiger partial charge in [0.25, 0.3) is 0 Å². The Hall–Kier alpha value is -2.08. The van der Waals surface area contributed by atoms with E-state index in [2.05, 4.69) is 15.6 Å². The van der Waals surface area contributed by atoms with E-state index in [-0.39, 0.29) is 11.9 Å². The summed E-state index contributed by atoms with van der Waals surface area (Å²) in [7, 11) is 0. The number of nitrogens with zero attached hydrogens (tertiary/aromatic N) is 1. The summed E-state index contributed by atoms with van der Waals surface area (Å²) >= 11 is 1.40. The van der Waals surface area contributed by atoms with E-state index in [4.69, 9.17) is 4.74 Å². The molecule has 0 saturated heterocycles. The molecule has 2 N–H and O–H groups in total. The fraction of sp³-hybridized carbons (Fsp3) is 0.333. The molecule has 1 atom stereocenters. The monoisotopic (exact) mass is 305 g/mol. The summed E-state index contributed by atoms with van der Waals surface area (Å²) in [6.45, 7) is 4.48. The number of amides is 1. The fourth-order valence-electron chi connectivity index (χ4n) is 1.89. The molecule has 6 heteroatoms. The maximum Gasteiger partial charge on any atom is 0.248 e. The first-order valence-electron chi connectivity index (χ1n) is 6.93. The zero-order valence-electron chi connectivity index (χ0n) is 12.1. The van der Waals surface area contributed by atoms with Gasteiger partial charge in [-0.1, -0.05) is 19.1 Å². The summed E-state index contributed by atoms with van der Waals surface area (Å²) in [6, 6.07) is 7.28. The number of nitrogens with one attached hydrogen (secondary N) is 2. The van der Waals surface area contributed by atoms with Crippen LogP contribution < -0.4 is 15.4 Å². The van der Waals surface area contributed by atoms with E-state index in [1.165, 1.54) is 11.3 Å². The number of carbonyl (C=O) groups excluding carboxylic acids is 1. The third kappa shape index (κ3) is 4.19. The molecule has 0 bridgehead atoms. The van der Waals surface area contributed by atoms with E-state index >= 15 is 0 Å². The number of benzene rings is 1. The molecule has 1 aromatic carbocycles. The molecule has 0 aliphatic heterocycles. The number of anilines is 2. The van der Waals surface area contributed by atoms with Crippen LogP contribution >= 0.6 is 11.3 Å². The molecule has 5 nitrogen and oxygen atoms in total. The molecule has 1 amide bonds. The normalized spacial score (nSPS) is 11.7. The van der Waals surface area contributed by atoms with Gasteiger partial charge < -0.3 is 15.4 Å². The van der Waals surface area contributed by atoms with E-state index in [1.807, 2.05) is 43.5 Å². The van der Waals surface area contributed by atoms with E-state index in [1.54, 1.807) is 6.20 Å². The Kier molecular flexibility index (Phi) is 5.57. The third-order valence-electron chi connectivity index (χ3n) is 2.90. The molecule has 2 aromatic rings. The lowest BCUT2D eigenvalue weighted by Crippen LogP contribution is -2.34. The zero-order chi connectivity index (χ0) is 15.1. The minimum Gasteiger partial charge on any atom is -0.492 e. The van der Waals surface area contributed by atoms with E-state index < -0.39 is 0 Å². The van der Waals surface area contributed by atoms with Gasteiger partial charge in [-0.05, 0) is 25.5 Å². The highest BCUT2D eigenvalue weighted by Gasteiger charge is 2.18. The van der Waals surface area contributed by atoms with Gasteiger partial charge in [-0.2, -0.15) is 0 Å². The van der Waals surface area contributed by atoms with Gasteiger partial charge in [0.2, 0.25) is 5.91 Å². The van der Waals surface area contributed by atoms with Gasteiger partial charge in [0.1, 0.15) is 11.8 Å². The first-order chi connectivity index (χ1) is 10.2. The largest absolute Gasteiger partial charge is 0.492 e. The van der Waals surface area contributed by atoms with Gasteiger partial charge in [0.05, 0.1) is 12.3 Å². The Bertz CT molecular complexity index is 572. The van der Waals surface area contributed by atoms with Gasteiger partial charge in [0, 0.05) is 11.6 Å². The van der Waals surface area contributed by atoms with Crippen molar-refractivity contribution in [2.75, 3.05) is 17.2 Å². The topological polar surface area (TPSA) is 63.2 Å². The van der Waals surface area contributed by atoms with Crippen molar-refractivity contribution in [1.29, 1.82) is 0 Å². The molecular weight excluding hydrogens is 286 g/mol. The van der Waals surface area contributed by atoms with Crippen LogP contribution in [-0.4, -0.2) is 23.5 Å². The molecule has 112 valence electrons. The standard InChI is InChI=1S/C15H19N3O2S/c1-3-11(14(19)18-15-16-9-10-21-15)17-12-7-5-6-8-13(12)20-4-2/h5-11,17H,3-4H2,1-2H3,(H,16,18,19)/t11-/m1/s1. The summed E-state index contributed by atoms with van der Waals surface area (Å²) in [5, 5.41) is 8.48. The molecule has 0 saturated carbocycles. The van der Waals surface area contributed by atoms with Crippen LogP contribution in [0.2, 0.25) is 0 Å². The van der Waals surface area contributed by atoms with Crippen molar-refractivity contribution < 1.29 is 9.53 Å². The van der Waals surface area contributed by atoms with Crippen molar-refractivity contribution in [2.24, 2.45) is 0 Å². The second kappa shape index (κ2) is 7.64. The molecule has 1 heterocycles. The molecule has 21 heavy (non-hydrogen) atoms. The maximum atomic E-state index is 12.3. The number of hydrogen-bond donors (Lipinski definition) is 2. The molecule has 0 radical (unpaired) electrons. The lowest BCUT2D eigenvalue weighted by molar-refractivity contribution is -0.116. The second-order valence-electron chi connectivity index (χ2n) is 4.36. The number of thiazole rings is 1. The van der Waals surface area contributed by atoms with Gasteiger partial charge in [-0.25, -0.2) is 4.98 Å². The summed E-state index contributed by atoms with van der Waals surface area (Å²) in [5.41, 5.74) is 0.820. The van der Waals surface area contributed by atoms with Crippen LogP contribution in [0.15, 0.2) is 35.8 Å². The molecular formula is C15H19N3O2S. The van der Waals surface area contributed by atoms with Crippen LogP contribution in [0.5, 0.6) is 5.75 Å². The average Bonchev–Trinajstić information content (AvgIpc) is 2.99. The Morgan fingerprint density at radius 3 is 2.86 bits per heavy atom. The smallest absolute Gasteiger partial charge is 0.248 e. The predicted molar refractivity (Wildman–Crippen MR) is 86.1 cm³/mol. The Balaban J connectivity index is 2.06. The number of para-hydroxylation sites is 2. The van der Waals surface area contributed by atoms with Crippen molar-refractivity contribution >= 4 is 28.1 Å². The van der Waals surface area contributed by atoms with Crippen molar-refractivity contribution in [3.8, 4) is 5.75 Å². The molecule has 1 aromatic heterocycles. The minimum absolute atomic E-state index is 0.0984. The van der Waals surface area contributed by atoms with Gasteiger partial charge >= 0.3 is 0 Å². The molecule has 2 rings (SSSR count). The highest BCUT2D eigenvalue weighted by atomic mass is 32.1. The first kappa shape index (κ1) is 15.3. The average molecular weight is 305 g/mol. The number of rotatable bonds is 7. The second-order valence-corrected chi connectivity index (χ2v) is 5.26. The number of carbonyl (C=O) groups is 1. The quantitative estimate of drug-likeness (QED) is 0.823. The van der Waals surface area contributed by atoms with Gasteiger partial charge in [0.15, 0.2) is 5.13 Å².